The third kappa shape index (κ3) is 2.58. The number of nitrogens with zero attached hydrogens (tertiary/aromatic N) is 1. The van der Waals surface area contributed by atoms with E-state index in [2.05, 4.69) is 5.32 Å². The number of benzene rings is 1. The van der Waals surface area contributed by atoms with Gasteiger partial charge in [-0.05, 0) is 32.9 Å². The number of hydrogen-bond donors (Lipinski definition) is 1. The van der Waals surface area contributed by atoms with E-state index in [0.29, 0.717) is 11.4 Å². The lowest BCUT2D eigenvalue weighted by Gasteiger charge is -2.33. The van der Waals surface area contributed by atoms with E-state index >= 15 is 0 Å². The summed E-state index contributed by atoms with van der Waals surface area (Å²) in [6.07, 6.45) is 0.745. The predicted octanol–water partition coefficient (Wildman–Crippen LogP) is 2.61. The van der Waals surface area contributed by atoms with Crippen LogP contribution in [0.25, 0.3) is 0 Å². The molecule has 3 rings (SSSR count). The maximum Gasteiger partial charge on any atom is 0.414 e. The zero-order chi connectivity index (χ0) is 16.8. The Morgan fingerprint density at radius 2 is 2.17 bits per heavy atom. The molecule has 1 N–H and O–H groups in total. The van der Waals surface area contributed by atoms with Crippen LogP contribution in [0.15, 0.2) is 18.2 Å². The van der Waals surface area contributed by atoms with Gasteiger partial charge in [-0.1, -0.05) is 6.07 Å². The molecule has 6 heteroatoms. The summed E-state index contributed by atoms with van der Waals surface area (Å²) in [5.74, 6) is -0.137. The lowest BCUT2D eigenvalue weighted by atomic mass is 9.74. The summed E-state index contributed by atoms with van der Waals surface area (Å²) in [6.45, 7) is 5.70. The standard InChI is InChI=1S/C17H20N2O4/c1-16(2,3)23-15(22)19-10-17(7-8-20)9-13(21)18-11-5-4-6-12(19)14(11)17/h4-6,8H,7,9-10H2,1-3H3,(H,18,21). The van der Waals surface area contributed by atoms with Gasteiger partial charge in [-0.3, -0.25) is 9.69 Å². The number of ether oxygens (including phenoxy) is 1. The molecular weight excluding hydrogens is 296 g/mol. The normalized spacial score (nSPS) is 22.4. The Morgan fingerprint density at radius 1 is 1.43 bits per heavy atom. The van der Waals surface area contributed by atoms with Crippen molar-refractivity contribution < 1.29 is 19.1 Å². The van der Waals surface area contributed by atoms with Crippen LogP contribution in [0.2, 0.25) is 0 Å². The molecule has 0 radical (unpaired) electrons. The van der Waals surface area contributed by atoms with Crippen molar-refractivity contribution in [3.63, 3.8) is 0 Å². The molecule has 1 unspecified atom stereocenters. The van der Waals surface area contributed by atoms with Crippen molar-refractivity contribution in [2.45, 2.75) is 44.6 Å². The van der Waals surface area contributed by atoms with E-state index in [-0.39, 0.29) is 25.3 Å². The van der Waals surface area contributed by atoms with Crippen LogP contribution in [-0.4, -0.2) is 30.4 Å². The predicted molar refractivity (Wildman–Crippen MR) is 85.6 cm³/mol. The highest BCUT2D eigenvalue weighted by Crippen LogP contribution is 2.51. The highest BCUT2D eigenvalue weighted by molar-refractivity contribution is 6.02. The third-order valence-electron chi connectivity index (χ3n) is 4.19. The Morgan fingerprint density at radius 3 is 2.83 bits per heavy atom. The summed E-state index contributed by atoms with van der Waals surface area (Å²) in [6, 6.07) is 5.41. The number of amides is 2. The van der Waals surface area contributed by atoms with Gasteiger partial charge in [-0.25, -0.2) is 4.79 Å². The van der Waals surface area contributed by atoms with E-state index in [1.165, 1.54) is 4.90 Å². The Kier molecular flexibility index (Phi) is 3.43. The Balaban J connectivity index is 2.07. The summed E-state index contributed by atoms with van der Waals surface area (Å²) < 4.78 is 5.47. The van der Waals surface area contributed by atoms with Gasteiger partial charge in [-0.2, -0.15) is 0 Å². The molecule has 0 saturated heterocycles. The molecule has 1 atom stereocenters. The van der Waals surface area contributed by atoms with Crippen molar-refractivity contribution in [1.29, 1.82) is 0 Å². The molecule has 6 nitrogen and oxygen atoms in total. The number of hydrogen-bond acceptors (Lipinski definition) is 4. The second-order valence-corrected chi connectivity index (χ2v) is 7.14. The van der Waals surface area contributed by atoms with Crippen LogP contribution in [0.3, 0.4) is 0 Å². The van der Waals surface area contributed by atoms with Crippen LogP contribution in [-0.2, 0) is 19.7 Å². The molecule has 0 aliphatic carbocycles. The minimum Gasteiger partial charge on any atom is -0.443 e. The quantitative estimate of drug-likeness (QED) is 0.851. The molecule has 0 aromatic heterocycles. The second kappa shape index (κ2) is 5.08. The van der Waals surface area contributed by atoms with Gasteiger partial charge in [0, 0.05) is 36.1 Å². The zero-order valence-electron chi connectivity index (χ0n) is 13.5. The van der Waals surface area contributed by atoms with Crippen molar-refractivity contribution in [3.8, 4) is 0 Å². The Hall–Kier alpha value is -2.37. The summed E-state index contributed by atoms with van der Waals surface area (Å²) in [4.78, 5) is 37.3. The molecule has 1 aromatic rings. The van der Waals surface area contributed by atoms with E-state index in [0.717, 1.165) is 11.8 Å². The number of anilines is 2. The summed E-state index contributed by atoms with van der Waals surface area (Å²) in [7, 11) is 0. The highest BCUT2D eigenvalue weighted by atomic mass is 16.6. The zero-order valence-corrected chi connectivity index (χ0v) is 13.5. The SMILES string of the molecule is CC(C)(C)OC(=O)N1CC2(CC=O)CC(=O)Nc3cccc1c32. The average Bonchev–Trinajstić information content (AvgIpc) is 2.73. The number of nitrogens with one attached hydrogen (secondary N) is 1. The smallest absolute Gasteiger partial charge is 0.414 e. The van der Waals surface area contributed by atoms with Crippen LogP contribution < -0.4 is 10.2 Å². The minimum absolute atomic E-state index is 0.137. The molecule has 2 amide bonds. The largest absolute Gasteiger partial charge is 0.443 e. The second-order valence-electron chi connectivity index (χ2n) is 7.14. The first-order valence-electron chi connectivity index (χ1n) is 7.63. The molecule has 0 spiro atoms. The molecule has 2 aliphatic rings. The Bertz CT molecular complexity index is 692. The van der Waals surface area contributed by atoms with Gasteiger partial charge in [0.2, 0.25) is 5.91 Å². The molecular formula is C17H20N2O4. The van der Waals surface area contributed by atoms with E-state index in [1.54, 1.807) is 32.9 Å². The van der Waals surface area contributed by atoms with Gasteiger partial charge in [0.05, 0.1) is 5.69 Å². The summed E-state index contributed by atoms with van der Waals surface area (Å²) in [5.41, 5.74) is 0.967. The molecule has 2 aliphatic heterocycles. The monoisotopic (exact) mass is 316 g/mol. The van der Waals surface area contributed by atoms with Crippen LogP contribution in [0, 0.1) is 0 Å². The molecule has 23 heavy (non-hydrogen) atoms. The fourth-order valence-corrected chi connectivity index (χ4v) is 3.42. The first kappa shape index (κ1) is 15.5. The molecule has 0 fully saturated rings. The van der Waals surface area contributed by atoms with Crippen LogP contribution >= 0.6 is 0 Å². The fraction of sp³-hybridized carbons (Fsp3) is 0.471. The molecule has 0 saturated carbocycles. The van der Waals surface area contributed by atoms with E-state index in [9.17, 15) is 14.4 Å². The van der Waals surface area contributed by atoms with Gasteiger partial charge >= 0.3 is 6.09 Å². The molecule has 122 valence electrons. The van der Waals surface area contributed by atoms with Crippen molar-refractivity contribution in [3.05, 3.63) is 23.8 Å². The van der Waals surface area contributed by atoms with Gasteiger partial charge in [0.1, 0.15) is 11.9 Å². The van der Waals surface area contributed by atoms with Gasteiger partial charge in [0.15, 0.2) is 0 Å². The Labute approximate surface area is 134 Å². The van der Waals surface area contributed by atoms with Gasteiger partial charge < -0.3 is 14.8 Å². The third-order valence-corrected chi connectivity index (χ3v) is 4.19. The highest BCUT2D eigenvalue weighted by Gasteiger charge is 2.50. The number of aldehydes is 1. The first-order valence-corrected chi connectivity index (χ1v) is 7.63. The lowest BCUT2D eigenvalue weighted by molar-refractivity contribution is -0.118. The average molecular weight is 316 g/mol. The number of carbonyl (C=O) groups is 3. The number of carbonyl (C=O) groups excluding carboxylic acids is 3. The van der Waals surface area contributed by atoms with Crippen LogP contribution in [0.4, 0.5) is 16.2 Å². The number of rotatable bonds is 2. The molecule has 2 heterocycles. The molecule has 1 aromatic carbocycles. The van der Waals surface area contributed by atoms with E-state index in [1.807, 2.05) is 6.07 Å². The van der Waals surface area contributed by atoms with Crippen molar-refractivity contribution in [1.82, 2.24) is 0 Å². The van der Waals surface area contributed by atoms with Crippen molar-refractivity contribution in [2.75, 3.05) is 16.8 Å². The van der Waals surface area contributed by atoms with Crippen LogP contribution in [0.5, 0.6) is 0 Å². The lowest BCUT2D eigenvalue weighted by Crippen LogP contribution is -2.43. The van der Waals surface area contributed by atoms with Crippen molar-refractivity contribution in [2.24, 2.45) is 0 Å². The van der Waals surface area contributed by atoms with E-state index < -0.39 is 17.1 Å². The van der Waals surface area contributed by atoms with Crippen molar-refractivity contribution >= 4 is 29.7 Å². The summed E-state index contributed by atoms with van der Waals surface area (Å²) >= 11 is 0. The first-order chi connectivity index (χ1) is 10.8. The van der Waals surface area contributed by atoms with Crippen LogP contribution in [0.1, 0.15) is 39.2 Å². The van der Waals surface area contributed by atoms with Gasteiger partial charge in [-0.15, -0.1) is 0 Å². The summed E-state index contributed by atoms with van der Waals surface area (Å²) in [5, 5.41) is 2.83. The minimum atomic E-state index is -0.660. The van der Waals surface area contributed by atoms with Gasteiger partial charge in [0.25, 0.3) is 0 Å². The maximum atomic E-state index is 12.6. The fourth-order valence-electron chi connectivity index (χ4n) is 3.42. The topological polar surface area (TPSA) is 75.7 Å². The van der Waals surface area contributed by atoms with E-state index in [4.69, 9.17) is 4.74 Å². The maximum absolute atomic E-state index is 12.6. The molecule has 0 bridgehead atoms.